The maximum absolute atomic E-state index is 12.7. The summed E-state index contributed by atoms with van der Waals surface area (Å²) in [6, 6.07) is 6.53. The molecule has 2 heterocycles. The second-order valence-electron chi connectivity index (χ2n) is 8.86. The summed E-state index contributed by atoms with van der Waals surface area (Å²) in [5.74, 6) is 0.121. The van der Waals surface area contributed by atoms with E-state index in [2.05, 4.69) is 26.1 Å². The number of aromatic nitrogens is 4. The van der Waals surface area contributed by atoms with Crippen molar-refractivity contribution < 1.29 is 14.1 Å². The zero-order valence-electron chi connectivity index (χ0n) is 18.9. The van der Waals surface area contributed by atoms with E-state index in [9.17, 15) is 14.4 Å². The number of benzene rings is 1. The lowest BCUT2D eigenvalue weighted by molar-refractivity contribution is -0.121. The molecule has 3 aromatic rings. The minimum atomic E-state index is -0.601. The Balaban J connectivity index is 1.60. The predicted octanol–water partition coefficient (Wildman–Crippen LogP) is 2.44. The van der Waals surface area contributed by atoms with Crippen LogP contribution >= 0.6 is 0 Å². The number of rotatable bonds is 6. The molecule has 2 N–H and O–H groups in total. The lowest BCUT2D eigenvalue weighted by Gasteiger charge is -2.13. The zero-order chi connectivity index (χ0) is 23.5. The lowest BCUT2D eigenvalue weighted by atomic mass is 9.96. The molecule has 0 spiro atoms. The quantitative estimate of drug-likeness (QED) is 0.563. The normalized spacial score (nSPS) is 11.7. The van der Waals surface area contributed by atoms with Gasteiger partial charge in [0.2, 0.25) is 11.8 Å². The molecular formula is C22H28N6O4. The molecule has 1 aromatic carbocycles. The number of fused-ring (bicyclic) bond motifs is 1. The smallest absolute Gasteiger partial charge is 0.290 e. The third-order valence-corrected chi connectivity index (χ3v) is 4.78. The van der Waals surface area contributed by atoms with Crippen LogP contribution in [0.25, 0.3) is 10.8 Å². The largest absolute Gasteiger partial charge is 0.339 e. The third-order valence-electron chi connectivity index (χ3n) is 4.78. The molecule has 0 fully saturated rings. The summed E-state index contributed by atoms with van der Waals surface area (Å²) < 4.78 is 6.47. The minimum Gasteiger partial charge on any atom is -0.339 e. The first-order valence-electron chi connectivity index (χ1n) is 10.5. The number of carbonyl (C=O) groups excluding carboxylic acids is 2. The van der Waals surface area contributed by atoms with Gasteiger partial charge in [-0.3, -0.25) is 25.2 Å². The van der Waals surface area contributed by atoms with E-state index in [0.29, 0.717) is 35.3 Å². The number of hydrogen-bond acceptors (Lipinski definition) is 7. The SMILES string of the molecule is CC(C)n1nc(C(=O)NNC(=O)CCCc2nc(C(C)(C)C)no2)c2ccccc2c1=O. The summed E-state index contributed by atoms with van der Waals surface area (Å²) in [5.41, 5.74) is 4.36. The Hall–Kier alpha value is -3.56. The summed E-state index contributed by atoms with van der Waals surface area (Å²) in [5, 5.41) is 8.98. The fourth-order valence-electron chi connectivity index (χ4n) is 3.03. The van der Waals surface area contributed by atoms with Crippen LogP contribution in [-0.4, -0.2) is 31.7 Å². The Morgan fingerprint density at radius 1 is 1.12 bits per heavy atom. The fourth-order valence-corrected chi connectivity index (χ4v) is 3.03. The zero-order valence-corrected chi connectivity index (χ0v) is 18.9. The van der Waals surface area contributed by atoms with E-state index in [1.165, 1.54) is 4.68 Å². The number of nitrogens with one attached hydrogen (secondary N) is 2. The highest BCUT2D eigenvalue weighted by Crippen LogP contribution is 2.19. The number of nitrogens with zero attached hydrogens (tertiary/aromatic N) is 4. The van der Waals surface area contributed by atoms with Gasteiger partial charge in [0.1, 0.15) is 0 Å². The van der Waals surface area contributed by atoms with Gasteiger partial charge in [-0.15, -0.1) is 0 Å². The lowest BCUT2D eigenvalue weighted by Crippen LogP contribution is -2.42. The van der Waals surface area contributed by atoms with Gasteiger partial charge in [0.25, 0.3) is 11.5 Å². The molecule has 0 unspecified atom stereocenters. The van der Waals surface area contributed by atoms with E-state index >= 15 is 0 Å². The molecule has 32 heavy (non-hydrogen) atoms. The first kappa shape index (κ1) is 23.1. The highest BCUT2D eigenvalue weighted by atomic mass is 16.5. The maximum atomic E-state index is 12.7. The van der Waals surface area contributed by atoms with Crippen molar-refractivity contribution in [3.8, 4) is 0 Å². The first-order chi connectivity index (χ1) is 15.1. The Morgan fingerprint density at radius 3 is 2.44 bits per heavy atom. The van der Waals surface area contributed by atoms with Gasteiger partial charge < -0.3 is 4.52 Å². The standard InChI is InChI=1S/C22H28N6O4/c1-13(2)28-20(31)15-10-7-6-9-14(15)18(26-28)19(30)25-24-16(29)11-8-12-17-23-21(27-32-17)22(3,4)5/h6-7,9-10,13H,8,11-12H2,1-5H3,(H,24,29)(H,25,30). The second kappa shape index (κ2) is 9.29. The first-order valence-corrected chi connectivity index (χ1v) is 10.5. The van der Waals surface area contributed by atoms with Crippen LogP contribution in [0.2, 0.25) is 0 Å². The van der Waals surface area contributed by atoms with Crippen molar-refractivity contribution in [2.24, 2.45) is 0 Å². The Labute approximate surface area is 185 Å². The molecule has 2 aromatic heterocycles. The number of aryl methyl sites for hydroxylation is 1. The van der Waals surface area contributed by atoms with Crippen molar-refractivity contribution in [3.63, 3.8) is 0 Å². The van der Waals surface area contributed by atoms with Crippen molar-refractivity contribution in [3.05, 3.63) is 52.0 Å². The van der Waals surface area contributed by atoms with Crippen LogP contribution in [0.4, 0.5) is 0 Å². The van der Waals surface area contributed by atoms with Gasteiger partial charge in [0, 0.05) is 23.6 Å². The van der Waals surface area contributed by atoms with Gasteiger partial charge in [0.15, 0.2) is 11.5 Å². The highest BCUT2D eigenvalue weighted by Gasteiger charge is 2.21. The summed E-state index contributed by atoms with van der Waals surface area (Å²) in [6.07, 6.45) is 1.09. The minimum absolute atomic E-state index is 0.0646. The molecule has 0 radical (unpaired) electrons. The molecule has 0 saturated heterocycles. The van der Waals surface area contributed by atoms with Crippen LogP contribution in [0.5, 0.6) is 0 Å². The molecule has 0 atom stereocenters. The molecule has 170 valence electrons. The second-order valence-corrected chi connectivity index (χ2v) is 8.86. The fraction of sp³-hybridized carbons (Fsp3) is 0.455. The van der Waals surface area contributed by atoms with Gasteiger partial charge in [-0.1, -0.05) is 44.1 Å². The van der Waals surface area contributed by atoms with Crippen molar-refractivity contribution in [1.29, 1.82) is 0 Å². The molecule has 10 nitrogen and oxygen atoms in total. The molecule has 3 rings (SSSR count). The topological polar surface area (TPSA) is 132 Å². The number of carbonyl (C=O) groups is 2. The average Bonchev–Trinajstić information content (AvgIpc) is 3.22. The van der Waals surface area contributed by atoms with Gasteiger partial charge in [0.05, 0.1) is 11.4 Å². The molecule has 2 amide bonds. The van der Waals surface area contributed by atoms with Gasteiger partial charge in [-0.05, 0) is 26.3 Å². The summed E-state index contributed by atoms with van der Waals surface area (Å²) in [6.45, 7) is 9.58. The Morgan fingerprint density at radius 2 is 1.81 bits per heavy atom. The molecule has 0 aliphatic rings. The monoisotopic (exact) mass is 440 g/mol. The van der Waals surface area contributed by atoms with Crippen molar-refractivity contribution in [1.82, 2.24) is 30.8 Å². The van der Waals surface area contributed by atoms with Gasteiger partial charge in [-0.25, -0.2) is 4.68 Å². The summed E-state index contributed by atoms with van der Waals surface area (Å²) >= 11 is 0. The van der Waals surface area contributed by atoms with Gasteiger partial charge >= 0.3 is 0 Å². The molecule has 0 aliphatic carbocycles. The highest BCUT2D eigenvalue weighted by molar-refractivity contribution is 6.05. The van der Waals surface area contributed by atoms with Crippen LogP contribution in [0.15, 0.2) is 33.6 Å². The van der Waals surface area contributed by atoms with Gasteiger partial charge in [-0.2, -0.15) is 10.1 Å². The summed E-state index contributed by atoms with van der Waals surface area (Å²) in [7, 11) is 0. The molecular weight excluding hydrogens is 412 g/mol. The molecule has 0 aliphatic heterocycles. The van der Waals surface area contributed by atoms with Crippen molar-refractivity contribution >= 4 is 22.6 Å². The molecule has 10 heteroatoms. The third kappa shape index (κ3) is 5.19. The van der Waals surface area contributed by atoms with Crippen LogP contribution in [-0.2, 0) is 16.6 Å². The van der Waals surface area contributed by atoms with Crippen LogP contribution in [0, 0.1) is 0 Å². The number of hydrazine groups is 1. The van der Waals surface area contributed by atoms with E-state index < -0.39 is 5.91 Å². The van der Waals surface area contributed by atoms with E-state index in [-0.39, 0.29) is 35.0 Å². The summed E-state index contributed by atoms with van der Waals surface area (Å²) in [4.78, 5) is 41.8. The maximum Gasteiger partial charge on any atom is 0.290 e. The van der Waals surface area contributed by atoms with E-state index in [0.717, 1.165) is 0 Å². The van der Waals surface area contributed by atoms with E-state index in [1.54, 1.807) is 38.1 Å². The van der Waals surface area contributed by atoms with Crippen LogP contribution in [0.3, 0.4) is 0 Å². The van der Waals surface area contributed by atoms with Crippen LogP contribution < -0.4 is 16.4 Å². The van der Waals surface area contributed by atoms with Crippen molar-refractivity contribution in [2.45, 2.75) is 65.3 Å². The molecule has 0 bridgehead atoms. The van der Waals surface area contributed by atoms with Crippen LogP contribution in [0.1, 0.15) is 75.7 Å². The Kier molecular flexibility index (Phi) is 6.71. The van der Waals surface area contributed by atoms with Crippen molar-refractivity contribution in [2.75, 3.05) is 0 Å². The number of amides is 2. The Bertz CT molecular complexity index is 1190. The molecule has 0 saturated carbocycles. The average molecular weight is 441 g/mol. The van der Waals surface area contributed by atoms with E-state index in [1.807, 2.05) is 20.8 Å². The van der Waals surface area contributed by atoms with E-state index in [4.69, 9.17) is 4.52 Å². The number of hydrogen-bond donors (Lipinski definition) is 2. The predicted molar refractivity (Wildman–Crippen MR) is 118 cm³/mol.